The van der Waals surface area contributed by atoms with Crippen molar-refractivity contribution in [2.75, 3.05) is 0 Å². The highest BCUT2D eigenvalue weighted by molar-refractivity contribution is 7.13. The molecule has 0 saturated carbocycles. The Bertz CT molecular complexity index is 623. The minimum Gasteiger partial charge on any atom is -0.200 e. The molecule has 0 fully saturated rings. The molecule has 0 bridgehead atoms. The van der Waals surface area contributed by atoms with Gasteiger partial charge in [-0.15, -0.1) is 0 Å². The van der Waals surface area contributed by atoms with Crippen LogP contribution in [0.2, 0.25) is 0 Å². The fraction of sp³-hybridized carbons (Fsp3) is 0.0714. The van der Waals surface area contributed by atoms with E-state index in [2.05, 4.69) is 53.8 Å². The summed E-state index contributed by atoms with van der Waals surface area (Å²) in [5.41, 5.74) is 3.81. The van der Waals surface area contributed by atoms with Crippen molar-refractivity contribution >= 4 is 21.6 Å². The van der Waals surface area contributed by atoms with E-state index in [0.29, 0.717) is 0 Å². The van der Waals surface area contributed by atoms with Crippen LogP contribution in [0.1, 0.15) is 5.56 Å². The molecule has 0 spiro atoms. The summed E-state index contributed by atoms with van der Waals surface area (Å²) in [6.45, 7) is 2.11. The molecular formula is C14H11NS. The third-order valence-electron chi connectivity index (χ3n) is 2.74. The van der Waals surface area contributed by atoms with E-state index in [1.165, 1.54) is 26.8 Å². The van der Waals surface area contributed by atoms with Crippen molar-refractivity contribution in [1.29, 1.82) is 0 Å². The highest BCUT2D eigenvalue weighted by atomic mass is 32.1. The molecule has 0 unspecified atom stereocenters. The van der Waals surface area contributed by atoms with Gasteiger partial charge in [-0.05, 0) is 41.7 Å². The zero-order valence-electron chi connectivity index (χ0n) is 8.97. The van der Waals surface area contributed by atoms with Crippen molar-refractivity contribution in [2.45, 2.75) is 6.92 Å². The van der Waals surface area contributed by atoms with Gasteiger partial charge in [0.05, 0.1) is 4.70 Å². The standard InChI is InChI=1S/C14H11NS/c1-10-2-4-11(5-3-10)12-6-7-14-13(8-12)9-15-16-14/h2-9H,1H3. The molecule has 0 aliphatic heterocycles. The van der Waals surface area contributed by atoms with Gasteiger partial charge in [-0.25, -0.2) is 0 Å². The van der Waals surface area contributed by atoms with Crippen LogP contribution in [-0.2, 0) is 0 Å². The highest BCUT2D eigenvalue weighted by Gasteiger charge is 2.00. The van der Waals surface area contributed by atoms with Crippen LogP contribution in [0, 0.1) is 6.92 Å². The molecule has 1 heterocycles. The smallest absolute Gasteiger partial charge is 0.0550 e. The topological polar surface area (TPSA) is 12.9 Å². The molecule has 16 heavy (non-hydrogen) atoms. The van der Waals surface area contributed by atoms with Gasteiger partial charge in [0.25, 0.3) is 0 Å². The minimum absolute atomic E-state index is 1.23. The Labute approximate surface area is 98.5 Å². The van der Waals surface area contributed by atoms with E-state index in [-0.39, 0.29) is 0 Å². The molecule has 3 rings (SSSR count). The van der Waals surface area contributed by atoms with Crippen molar-refractivity contribution in [3.63, 3.8) is 0 Å². The van der Waals surface area contributed by atoms with Crippen molar-refractivity contribution in [3.05, 3.63) is 54.2 Å². The van der Waals surface area contributed by atoms with Crippen LogP contribution in [0.4, 0.5) is 0 Å². The second-order valence-electron chi connectivity index (χ2n) is 3.94. The third kappa shape index (κ3) is 1.61. The Morgan fingerprint density at radius 1 is 0.938 bits per heavy atom. The average molecular weight is 225 g/mol. The molecular weight excluding hydrogens is 214 g/mol. The second kappa shape index (κ2) is 3.72. The van der Waals surface area contributed by atoms with E-state index in [9.17, 15) is 0 Å². The van der Waals surface area contributed by atoms with Crippen LogP contribution >= 0.6 is 11.5 Å². The largest absolute Gasteiger partial charge is 0.200 e. The summed E-state index contributed by atoms with van der Waals surface area (Å²) in [7, 11) is 0. The van der Waals surface area contributed by atoms with Crippen molar-refractivity contribution in [2.24, 2.45) is 0 Å². The van der Waals surface area contributed by atoms with Crippen LogP contribution in [0.25, 0.3) is 21.2 Å². The van der Waals surface area contributed by atoms with Gasteiger partial charge in [-0.3, -0.25) is 0 Å². The quantitative estimate of drug-likeness (QED) is 0.602. The van der Waals surface area contributed by atoms with Gasteiger partial charge in [0, 0.05) is 11.6 Å². The summed E-state index contributed by atoms with van der Waals surface area (Å²) in [6.07, 6.45) is 1.93. The van der Waals surface area contributed by atoms with Crippen LogP contribution in [0.5, 0.6) is 0 Å². The number of fused-ring (bicyclic) bond motifs is 1. The van der Waals surface area contributed by atoms with Gasteiger partial charge in [0.15, 0.2) is 0 Å². The van der Waals surface area contributed by atoms with Gasteiger partial charge in [0.2, 0.25) is 0 Å². The summed E-state index contributed by atoms with van der Waals surface area (Å²) in [6, 6.07) is 15.1. The number of rotatable bonds is 1. The Balaban J connectivity index is 2.14. The van der Waals surface area contributed by atoms with Crippen LogP contribution in [0.3, 0.4) is 0 Å². The van der Waals surface area contributed by atoms with Crippen LogP contribution in [-0.4, -0.2) is 4.37 Å². The van der Waals surface area contributed by atoms with Crippen molar-refractivity contribution in [1.82, 2.24) is 4.37 Å². The van der Waals surface area contributed by atoms with Crippen molar-refractivity contribution in [3.8, 4) is 11.1 Å². The van der Waals surface area contributed by atoms with Crippen molar-refractivity contribution < 1.29 is 0 Å². The van der Waals surface area contributed by atoms with Gasteiger partial charge in [-0.1, -0.05) is 35.9 Å². The molecule has 78 valence electrons. The Hall–Kier alpha value is -1.67. The fourth-order valence-corrected chi connectivity index (χ4v) is 2.42. The SMILES string of the molecule is Cc1ccc(-c2ccc3sncc3c2)cc1. The summed E-state index contributed by atoms with van der Waals surface area (Å²) in [4.78, 5) is 0. The summed E-state index contributed by atoms with van der Waals surface area (Å²) in [5, 5.41) is 1.23. The monoisotopic (exact) mass is 225 g/mol. The Morgan fingerprint density at radius 3 is 2.50 bits per heavy atom. The number of benzene rings is 2. The van der Waals surface area contributed by atoms with E-state index < -0.39 is 0 Å². The molecule has 0 saturated heterocycles. The highest BCUT2D eigenvalue weighted by Crippen LogP contribution is 2.26. The predicted molar refractivity (Wildman–Crippen MR) is 69.8 cm³/mol. The maximum Gasteiger partial charge on any atom is 0.0550 e. The zero-order chi connectivity index (χ0) is 11.0. The lowest BCUT2D eigenvalue weighted by Gasteiger charge is -2.02. The average Bonchev–Trinajstić information content (AvgIpc) is 2.77. The number of nitrogens with zero attached hydrogens (tertiary/aromatic N) is 1. The molecule has 0 atom stereocenters. The first kappa shape index (κ1) is 9.55. The second-order valence-corrected chi connectivity index (χ2v) is 4.78. The van der Waals surface area contributed by atoms with E-state index in [1.807, 2.05) is 6.20 Å². The molecule has 2 heteroatoms. The van der Waals surface area contributed by atoms with Gasteiger partial charge in [0.1, 0.15) is 0 Å². The zero-order valence-corrected chi connectivity index (χ0v) is 9.79. The van der Waals surface area contributed by atoms with Gasteiger partial charge >= 0.3 is 0 Å². The molecule has 0 radical (unpaired) electrons. The lowest BCUT2D eigenvalue weighted by atomic mass is 10.0. The maximum absolute atomic E-state index is 4.19. The Morgan fingerprint density at radius 2 is 1.69 bits per heavy atom. The van der Waals surface area contributed by atoms with E-state index in [1.54, 1.807) is 11.5 Å². The first-order valence-corrected chi connectivity index (χ1v) is 6.02. The van der Waals surface area contributed by atoms with Gasteiger partial charge in [-0.2, -0.15) is 4.37 Å². The number of aromatic nitrogens is 1. The van der Waals surface area contributed by atoms with E-state index in [4.69, 9.17) is 0 Å². The lowest BCUT2D eigenvalue weighted by Crippen LogP contribution is -1.77. The number of hydrogen-bond acceptors (Lipinski definition) is 2. The minimum atomic E-state index is 1.23. The third-order valence-corrected chi connectivity index (χ3v) is 3.52. The van der Waals surface area contributed by atoms with Crippen LogP contribution in [0.15, 0.2) is 48.7 Å². The summed E-state index contributed by atoms with van der Waals surface area (Å²) in [5.74, 6) is 0. The molecule has 2 aromatic carbocycles. The predicted octanol–water partition coefficient (Wildman–Crippen LogP) is 4.27. The van der Waals surface area contributed by atoms with E-state index >= 15 is 0 Å². The molecule has 0 aliphatic rings. The van der Waals surface area contributed by atoms with E-state index in [0.717, 1.165) is 0 Å². The fourth-order valence-electron chi connectivity index (χ4n) is 1.80. The lowest BCUT2D eigenvalue weighted by molar-refractivity contribution is 1.47. The maximum atomic E-state index is 4.19. The first-order chi connectivity index (χ1) is 7.83. The number of aryl methyl sites for hydroxylation is 1. The molecule has 1 nitrogen and oxygen atoms in total. The van der Waals surface area contributed by atoms with Gasteiger partial charge < -0.3 is 0 Å². The van der Waals surface area contributed by atoms with Crippen LogP contribution < -0.4 is 0 Å². The normalized spacial score (nSPS) is 10.8. The Kier molecular flexibility index (Phi) is 2.22. The summed E-state index contributed by atoms with van der Waals surface area (Å²) < 4.78 is 5.44. The molecule has 0 amide bonds. The molecule has 0 aliphatic carbocycles. The molecule has 0 N–H and O–H groups in total. The molecule has 1 aromatic heterocycles. The summed E-state index contributed by atoms with van der Waals surface area (Å²) >= 11 is 1.54. The number of hydrogen-bond donors (Lipinski definition) is 0. The molecule has 3 aromatic rings. The first-order valence-electron chi connectivity index (χ1n) is 5.24.